The highest BCUT2D eigenvalue weighted by Gasteiger charge is 2.30. The first-order chi connectivity index (χ1) is 7.34. The molecule has 86 valence electrons. The Hall–Kier alpha value is -1.34. The van der Waals surface area contributed by atoms with Gasteiger partial charge in [0.1, 0.15) is 10.7 Å². The monoisotopic (exact) mass is 270 g/mol. The summed E-state index contributed by atoms with van der Waals surface area (Å²) in [5, 5.41) is 8.82. The molecule has 0 unspecified atom stereocenters. The Balaban J connectivity index is 3.60. The lowest BCUT2D eigenvalue weighted by atomic mass is 10.2. The van der Waals surface area contributed by atoms with Gasteiger partial charge < -0.3 is 0 Å². The highest BCUT2D eigenvalue weighted by atomic mass is 35.5. The van der Waals surface area contributed by atoms with Crippen molar-refractivity contribution in [1.82, 2.24) is 4.98 Å². The average molecular weight is 271 g/mol. The summed E-state index contributed by atoms with van der Waals surface area (Å²) >= 11 is 10.4. The van der Waals surface area contributed by atoms with Gasteiger partial charge in [0.15, 0.2) is 5.69 Å². The second-order valence-corrected chi connectivity index (χ2v) is 3.29. The molecule has 0 saturated carbocycles. The van der Waals surface area contributed by atoms with E-state index in [2.05, 4.69) is 4.98 Å². The van der Waals surface area contributed by atoms with E-state index in [1.54, 1.807) is 0 Å². The fourth-order valence-corrected chi connectivity index (χ4v) is 1.36. The van der Waals surface area contributed by atoms with Crippen molar-refractivity contribution in [2.75, 3.05) is 0 Å². The Labute approximate surface area is 97.1 Å². The molecular formula is C7H2Cl2F2N2O3. The molecule has 0 radical (unpaired) electrons. The van der Waals surface area contributed by atoms with Crippen molar-refractivity contribution in [1.29, 1.82) is 0 Å². The van der Waals surface area contributed by atoms with E-state index < -0.39 is 38.7 Å². The highest BCUT2D eigenvalue weighted by molar-refractivity contribution is 6.68. The molecular weight excluding hydrogens is 269 g/mol. The van der Waals surface area contributed by atoms with Crippen molar-refractivity contribution in [2.45, 2.75) is 6.43 Å². The second kappa shape index (κ2) is 4.67. The highest BCUT2D eigenvalue weighted by Crippen LogP contribution is 2.32. The zero-order chi connectivity index (χ0) is 12.5. The van der Waals surface area contributed by atoms with Crippen molar-refractivity contribution in [3.8, 4) is 0 Å². The van der Waals surface area contributed by atoms with Gasteiger partial charge in [-0.15, -0.1) is 0 Å². The molecule has 0 N–H and O–H groups in total. The molecule has 1 aromatic heterocycles. The first-order valence-electron chi connectivity index (χ1n) is 3.67. The zero-order valence-electron chi connectivity index (χ0n) is 7.29. The predicted octanol–water partition coefficient (Wildman–Crippen LogP) is 2.96. The van der Waals surface area contributed by atoms with E-state index in [9.17, 15) is 23.7 Å². The van der Waals surface area contributed by atoms with Crippen molar-refractivity contribution in [3.05, 3.63) is 32.6 Å². The van der Waals surface area contributed by atoms with Crippen LogP contribution in [-0.2, 0) is 0 Å². The van der Waals surface area contributed by atoms with Gasteiger partial charge in [-0.2, -0.15) is 0 Å². The van der Waals surface area contributed by atoms with Gasteiger partial charge in [-0.05, 0) is 17.7 Å². The van der Waals surface area contributed by atoms with Crippen LogP contribution in [0.3, 0.4) is 0 Å². The summed E-state index contributed by atoms with van der Waals surface area (Å²) in [5.41, 5.74) is -3.01. The molecule has 16 heavy (non-hydrogen) atoms. The quantitative estimate of drug-likeness (QED) is 0.366. The van der Waals surface area contributed by atoms with Crippen LogP contribution in [0.2, 0.25) is 5.15 Å². The van der Waals surface area contributed by atoms with E-state index in [0.717, 1.165) is 6.07 Å². The van der Waals surface area contributed by atoms with Crippen LogP contribution in [-0.4, -0.2) is 15.1 Å². The van der Waals surface area contributed by atoms with Crippen LogP contribution >= 0.6 is 23.2 Å². The molecule has 0 spiro atoms. The van der Waals surface area contributed by atoms with E-state index in [1.807, 2.05) is 0 Å². The molecule has 9 heteroatoms. The van der Waals surface area contributed by atoms with Crippen LogP contribution in [0.4, 0.5) is 14.5 Å². The number of nitrogens with zero attached hydrogens (tertiary/aromatic N) is 2. The Morgan fingerprint density at radius 3 is 2.50 bits per heavy atom. The minimum atomic E-state index is -3.23. The van der Waals surface area contributed by atoms with Gasteiger partial charge in [-0.25, -0.2) is 13.8 Å². The van der Waals surface area contributed by atoms with Crippen molar-refractivity contribution < 1.29 is 18.5 Å². The van der Waals surface area contributed by atoms with Gasteiger partial charge in [-0.1, -0.05) is 11.6 Å². The SMILES string of the molecule is O=C(Cl)c1cc(Cl)nc(C(F)F)c1[N+](=O)[O-]. The van der Waals surface area contributed by atoms with E-state index in [0.29, 0.717) is 0 Å². The average Bonchev–Trinajstić information content (AvgIpc) is 2.15. The van der Waals surface area contributed by atoms with Crippen molar-refractivity contribution >= 4 is 34.1 Å². The predicted molar refractivity (Wildman–Crippen MR) is 51.0 cm³/mol. The molecule has 0 aromatic carbocycles. The number of aromatic nitrogens is 1. The summed E-state index contributed by atoms with van der Waals surface area (Å²) in [4.78, 5) is 23.3. The fraction of sp³-hybridized carbons (Fsp3) is 0.143. The number of hydrogen-bond acceptors (Lipinski definition) is 4. The van der Waals surface area contributed by atoms with Gasteiger partial charge in [0.2, 0.25) is 0 Å². The number of hydrogen-bond donors (Lipinski definition) is 0. The first-order valence-corrected chi connectivity index (χ1v) is 4.43. The minimum absolute atomic E-state index is 0.468. The number of halogens is 4. The van der Waals surface area contributed by atoms with E-state index in [4.69, 9.17) is 23.2 Å². The number of nitro groups is 1. The molecule has 0 atom stereocenters. The van der Waals surface area contributed by atoms with Crippen molar-refractivity contribution in [3.63, 3.8) is 0 Å². The van der Waals surface area contributed by atoms with Crippen LogP contribution in [0.1, 0.15) is 22.5 Å². The molecule has 0 saturated heterocycles. The number of carbonyl (C=O) groups excluding carboxylic acids is 1. The Bertz CT molecular complexity index is 467. The maximum Gasteiger partial charge on any atom is 0.308 e. The Kier molecular flexibility index (Phi) is 3.71. The third-order valence-corrected chi connectivity index (χ3v) is 1.99. The number of rotatable bonds is 3. The zero-order valence-corrected chi connectivity index (χ0v) is 8.80. The summed E-state index contributed by atoms with van der Waals surface area (Å²) in [7, 11) is 0. The smallest absolute Gasteiger partial charge is 0.275 e. The summed E-state index contributed by atoms with van der Waals surface area (Å²) in [5.74, 6) is 0. The first kappa shape index (κ1) is 12.7. The van der Waals surface area contributed by atoms with Gasteiger partial charge in [0, 0.05) is 0 Å². The largest absolute Gasteiger partial charge is 0.308 e. The molecule has 5 nitrogen and oxygen atoms in total. The third kappa shape index (κ3) is 2.42. The van der Waals surface area contributed by atoms with Crippen LogP contribution in [0.25, 0.3) is 0 Å². The molecule has 1 heterocycles. The molecule has 0 fully saturated rings. The lowest BCUT2D eigenvalue weighted by molar-refractivity contribution is -0.386. The number of alkyl halides is 2. The van der Waals surface area contributed by atoms with Gasteiger partial charge in [0.05, 0.1) is 4.92 Å². The Morgan fingerprint density at radius 2 is 2.12 bits per heavy atom. The van der Waals surface area contributed by atoms with Gasteiger partial charge in [0.25, 0.3) is 11.7 Å². The van der Waals surface area contributed by atoms with Gasteiger partial charge in [-0.3, -0.25) is 14.9 Å². The van der Waals surface area contributed by atoms with E-state index >= 15 is 0 Å². The second-order valence-electron chi connectivity index (χ2n) is 2.56. The Morgan fingerprint density at radius 1 is 1.56 bits per heavy atom. The summed E-state index contributed by atoms with van der Waals surface area (Å²) in [6, 6.07) is 0.765. The fourth-order valence-electron chi connectivity index (χ4n) is 1.02. The maximum atomic E-state index is 12.4. The molecule has 0 aliphatic carbocycles. The van der Waals surface area contributed by atoms with Crippen molar-refractivity contribution in [2.24, 2.45) is 0 Å². The standard InChI is InChI=1S/C7H2Cl2F2N2O3/c8-3-1-2(6(9)14)5(13(15)16)4(12-3)7(10)11/h1,7H. The molecule has 0 bridgehead atoms. The van der Waals surface area contributed by atoms with E-state index in [1.165, 1.54) is 0 Å². The minimum Gasteiger partial charge on any atom is -0.275 e. The molecule has 1 rings (SSSR count). The number of carbonyl (C=O) groups is 1. The number of pyridine rings is 1. The van der Waals surface area contributed by atoms with E-state index in [-0.39, 0.29) is 0 Å². The molecule has 0 aliphatic rings. The van der Waals surface area contributed by atoms with Gasteiger partial charge >= 0.3 is 5.69 Å². The molecule has 0 amide bonds. The summed E-state index contributed by atoms with van der Waals surface area (Å²) < 4.78 is 24.9. The molecule has 1 aromatic rings. The summed E-state index contributed by atoms with van der Waals surface area (Å²) in [6.07, 6.45) is -3.23. The van der Waals surface area contributed by atoms with Crippen LogP contribution in [0, 0.1) is 10.1 Å². The third-order valence-electron chi connectivity index (χ3n) is 1.59. The maximum absolute atomic E-state index is 12.4. The van der Waals surface area contributed by atoms with Crippen LogP contribution in [0.5, 0.6) is 0 Å². The van der Waals surface area contributed by atoms with Crippen LogP contribution < -0.4 is 0 Å². The molecule has 0 aliphatic heterocycles. The summed E-state index contributed by atoms with van der Waals surface area (Å²) in [6.45, 7) is 0. The lowest BCUT2D eigenvalue weighted by Gasteiger charge is -2.04. The lowest BCUT2D eigenvalue weighted by Crippen LogP contribution is -2.06. The normalized spacial score (nSPS) is 10.6. The topological polar surface area (TPSA) is 73.1 Å². The van der Waals surface area contributed by atoms with Crippen LogP contribution in [0.15, 0.2) is 6.07 Å².